The van der Waals surface area contributed by atoms with Crippen molar-refractivity contribution in [1.82, 2.24) is 20.1 Å². The van der Waals surface area contributed by atoms with Gasteiger partial charge in [-0.15, -0.1) is 10.2 Å². The van der Waals surface area contributed by atoms with Crippen molar-refractivity contribution < 1.29 is 4.79 Å². The van der Waals surface area contributed by atoms with E-state index in [-0.39, 0.29) is 17.7 Å². The number of carbonyl (C=O) groups excluding carboxylic acids is 1. The summed E-state index contributed by atoms with van der Waals surface area (Å²) in [4.78, 5) is 12.3. The molecular weight excluding hydrogens is 448 g/mol. The van der Waals surface area contributed by atoms with Gasteiger partial charge in [0.1, 0.15) is 0 Å². The number of aromatic nitrogens is 3. The van der Waals surface area contributed by atoms with Crippen LogP contribution < -0.4 is 5.32 Å². The number of hydrogen-bond donors (Lipinski definition) is 1. The molecule has 0 aliphatic carbocycles. The molecule has 0 saturated heterocycles. The zero-order valence-electron chi connectivity index (χ0n) is 14.8. The summed E-state index contributed by atoms with van der Waals surface area (Å²) in [6.45, 7) is 1.96. The maximum absolute atomic E-state index is 12.3. The van der Waals surface area contributed by atoms with Gasteiger partial charge in [0.25, 0.3) is 0 Å². The van der Waals surface area contributed by atoms with E-state index in [9.17, 15) is 4.79 Å². The average molecular weight is 466 g/mol. The highest BCUT2D eigenvalue weighted by Gasteiger charge is 2.16. The van der Waals surface area contributed by atoms with Crippen LogP contribution in [0.3, 0.4) is 0 Å². The molecule has 1 unspecified atom stereocenters. The lowest BCUT2D eigenvalue weighted by Crippen LogP contribution is -2.28. The Hall–Kier alpha value is -1.83. The number of thioether (sulfide) groups is 1. The van der Waals surface area contributed by atoms with Crippen molar-refractivity contribution in [2.45, 2.75) is 18.1 Å². The molecule has 1 N–H and O–H groups in total. The highest BCUT2D eigenvalue weighted by Crippen LogP contribution is 2.28. The van der Waals surface area contributed by atoms with Gasteiger partial charge in [-0.25, -0.2) is 0 Å². The monoisotopic (exact) mass is 464 g/mol. The third-order valence-corrected chi connectivity index (χ3v) is 5.91. The second kappa shape index (κ2) is 8.91. The predicted octanol–water partition coefficient (Wildman–Crippen LogP) is 4.87. The van der Waals surface area contributed by atoms with E-state index in [1.54, 1.807) is 0 Å². The molecule has 0 saturated carbocycles. The number of benzene rings is 2. The van der Waals surface area contributed by atoms with Crippen molar-refractivity contribution in [3.05, 3.63) is 63.6 Å². The smallest absolute Gasteiger partial charge is 0.230 e. The quantitative estimate of drug-likeness (QED) is 0.528. The van der Waals surface area contributed by atoms with Gasteiger partial charge < -0.3 is 9.88 Å². The van der Waals surface area contributed by atoms with Crippen LogP contribution in [0, 0.1) is 0 Å². The molecule has 0 bridgehead atoms. The van der Waals surface area contributed by atoms with E-state index in [2.05, 4.69) is 31.4 Å². The van der Waals surface area contributed by atoms with Crippen LogP contribution in [0.15, 0.2) is 58.2 Å². The normalized spacial score (nSPS) is 12.0. The minimum absolute atomic E-state index is 0.0577. The molecule has 0 radical (unpaired) electrons. The first-order valence-corrected chi connectivity index (χ1v) is 10.4. The lowest BCUT2D eigenvalue weighted by Gasteiger charge is -2.14. The Morgan fingerprint density at radius 2 is 1.93 bits per heavy atom. The minimum Gasteiger partial charge on any atom is -0.349 e. The fraction of sp³-hybridized carbons (Fsp3) is 0.211. The first-order valence-electron chi connectivity index (χ1n) is 8.27. The van der Waals surface area contributed by atoms with Crippen LogP contribution in [0.1, 0.15) is 18.5 Å². The molecule has 0 fully saturated rings. The second-order valence-corrected chi connectivity index (χ2v) is 8.24. The number of halogens is 2. The Morgan fingerprint density at radius 3 is 2.63 bits per heavy atom. The van der Waals surface area contributed by atoms with E-state index in [1.165, 1.54) is 11.8 Å². The molecule has 0 spiro atoms. The number of rotatable bonds is 6. The van der Waals surface area contributed by atoms with Gasteiger partial charge >= 0.3 is 0 Å². The summed E-state index contributed by atoms with van der Waals surface area (Å²) in [6.07, 6.45) is 0. The molecule has 0 aliphatic rings. The third-order valence-electron chi connectivity index (χ3n) is 4.03. The molecule has 5 nitrogen and oxygen atoms in total. The Morgan fingerprint density at radius 1 is 1.22 bits per heavy atom. The lowest BCUT2D eigenvalue weighted by molar-refractivity contribution is -0.119. The van der Waals surface area contributed by atoms with Crippen LogP contribution in [0.25, 0.3) is 11.4 Å². The topological polar surface area (TPSA) is 59.8 Å². The molecule has 2 aromatic carbocycles. The number of carbonyl (C=O) groups is 1. The van der Waals surface area contributed by atoms with Crippen molar-refractivity contribution in [2.75, 3.05) is 5.75 Å². The molecule has 0 aliphatic heterocycles. The van der Waals surface area contributed by atoms with E-state index in [1.807, 2.05) is 67.1 Å². The summed E-state index contributed by atoms with van der Waals surface area (Å²) in [6, 6.07) is 15.3. The second-order valence-electron chi connectivity index (χ2n) is 5.97. The standard InChI is InChI=1S/C19H18BrClN4OS/c1-12(13-7-9-14(20)10-8-13)22-17(26)11-27-19-24-23-18(25(19)2)15-5-3-4-6-16(15)21/h3-10,12H,11H2,1-2H3,(H,22,26). The summed E-state index contributed by atoms with van der Waals surface area (Å²) in [5, 5.41) is 12.7. The van der Waals surface area contributed by atoms with Gasteiger partial charge in [-0.3, -0.25) is 4.79 Å². The van der Waals surface area contributed by atoms with Gasteiger partial charge in [-0.2, -0.15) is 0 Å². The summed E-state index contributed by atoms with van der Waals surface area (Å²) in [5.74, 6) is 0.875. The Balaban J connectivity index is 1.61. The van der Waals surface area contributed by atoms with Crippen LogP contribution in [0.5, 0.6) is 0 Å². The number of amides is 1. The Labute approximate surface area is 175 Å². The zero-order valence-corrected chi connectivity index (χ0v) is 18.0. The fourth-order valence-electron chi connectivity index (χ4n) is 2.57. The number of hydrogen-bond acceptors (Lipinski definition) is 4. The summed E-state index contributed by atoms with van der Waals surface area (Å²) in [7, 11) is 1.86. The molecular formula is C19H18BrClN4OS. The molecule has 1 heterocycles. The van der Waals surface area contributed by atoms with E-state index in [0.717, 1.165) is 15.6 Å². The van der Waals surface area contributed by atoms with Crippen molar-refractivity contribution in [1.29, 1.82) is 0 Å². The van der Waals surface area contributed by atoms with Crippen LogP contribution in [-0.4, -0.2) is 26.4 Å². The van der Waals surface area contributed by atoms with Crippen LogP contribution in [-0.2, 0) is 11.8 Å². The molecule has 1 amide bonds. The number of nitrogens with zero attached hydrogens (tertiary/aromatic N) is 3. The van der Waals surface area contributed by atoms with E-state index < -0.39 is 0 Å². The van der Waals surface area contributed by atoms with Crippen LogP contribution in [0.2, 0.25) is 5.02 Å². The van der Waals surface area contributed by atoms with Gasteiger partial charge in [0, 0.05) is 17.1 Å². The predicted molar refractivity (Wildman–Crippen MR) is 113 cm³/mol. The molecule has 27 heavy (non-hydrogen) atoms. The SMILES string of the molecule is CC(NC(=O)CSc1nnc(-c2ccccc2Cl)n1C)c1ccc(Br)cc1. The molecule has 3 aromatic rings. The zero-order chi connectivity index (χ0) is 19.4. The largest absolute Gasteiger partial charge is 0.349 e. The van der Waals surface area contributed by atoms with E-state index in [0.29, 0.717) is 16.0 Å². The minimum atomic E-state index is -0.0654. The lowest BCUT2D eigenvalue weighted by atomic mass is 10.1. The highest BCUT2D eigenvalue weighted by atomic mass is 79.9. The molecule has 3 rings (SSSR count). The van der Waals surface area contributed by atoms with Crippen LogP contribution in [0.4, 0.5) is 0 Å². The maximum Gasteiger partial charge on any atom is 0.230 e. The first kappa shape index (κ1) is 19.9. The van der Waals surface area contributed by atoms with Gasteiger partial charge in [0.05, 0.1) is 16.8 Å². The van der Waals surface area contributed by atoms with E-state index >= 15 is 0 Å². The van der Waals surface area contributed by atoms with Crippen molar-refractivity contribution in [2.24, 2.45) is 7.05 Å². The van der Waals surface area contributed by atoms with E-state index in [4.69, 9.17) is 11.6 Å². The Kier molecular flexibility index (Phi) is 6.57. The summed E-state index contributed by atoms with van der Waals surface area (Å²) in [5.41, 5.74) is 1.87. The molecule has 8 heteroatoms. The van der Waals surface area contributed by atoms with Gasteiger partial charge in [0.2, 0.25) is 5.91 Å². The van der Waals surface area contributed by atoms with Crippen molar-refractivity contribution >= 4 is 45.2 Å². The molecule has 1 aromatic heterocycles. The van der Waals surface area contributed by atoms with Crippen molar-refractivity contribution in [3.8, 4) is 11.4 Å². The molecule has 140 valence electrons. The average Bonchev–Trinajstić information content (AvgIpc) is 3.01. The van der Waals surface area contributed by atoms with Gasteiger partial charge in [0.15, 0.2) is 11.0 Å². The maximum atomic E-state index is 12.3. The molecule has 1 atom stereocenters. The summed E-state index contributed by atoms with van der Waals surface area (Å²) < 4.78 is 2.86. The number of nitrogens with one attached hydrogen (secondary N) is 1. The highest BCUT2D eigenvalue weighted by molar-refractivity contribution is 9.10. The van der Waals surface area contributed by atoms with Gasteiger partial charge in [-0.1, -0.05) is 63.6 Å². The van der Waals surface area contributed by atoms with Crippen molar-refractivity contribution in [3.63, 3.8) is 0 Å². The third kappa shape index (κ3) is 4.91. The van der Waals surface area contributed by atoms with Gasteiger partial charge in [-0.05, 0) is 36.8 Å². The first-order chi connectivity index (χ1) is 13.0. The van der Waals surface area contributed by atoms with Crippen LogP contribution >= 0.6 is 39.3 Å². The summed E-state index contributed by atoms with van der Waals surface area (Å²) >= 11 is 11.0. The fourth-order valence-corrected chi connectivity index (χ4v) is 3.77. The Bertz CT molecular complexity index is 945.